The zero-order chi connectivity index (χ0) is 12.3. The molecule has 0 bridgehead atoms. The lowest BCUT2D eigenvalue weighted by Crippen LogP contribution is -2.41. The van der Waals surface area contributed by atoms with Gasteiger partial charge < -0.3 is 5.73 Å². The van der Waals surface area contributed by atoms with Gasteiger partial charge in [0.15, 0.2) is 0 Å². The molecule has 1 aliphatic carbocycles. The molecule has 1 aliphatic rings. The van der Waals surface area contributed by atoms with E-state index in [0.29, 0.717) is 0 Å². The van der Waals surface area contributed by atoms with Gasteiger partial charge >= 0.3 is 0 Å². The van der Waals surface area contributed by atoms with Crippen molar-refractivity contribution in [2.24, 2.45) is 11.7 Å². The molecule has 0 amide bonds. The van der Waals surface area contributed by atoms with Gasteiger partial charge in [0.2, 0.25) is 0 Å². The van der Waals surface area contributed by atoms with Crippen LogP contribution in [0.25, 0.3) is 0 Å². The maximum atomic E-state index is 6.60. The summed E-state index contributed by atoms with van der Waals surface area (Å²) in [6, 6.07) is 8.46. The fraction of sp³-hybridized carbons (Fsp3) is 0.600. The predicted molar refractivity (Wildman–Crippen MR) is 77.0 cm³/mol. The average molecular weight is 296 g/mol. The Bertz CT molecular complexity index is 377. The van der Waals surface area contributed by atoms with Crippen LogP contribution >= 0.6 is 15.9 Å². The van der Waals surface area contributed by atoms with Gasteiger partial charge in [-0.25, -0.2) is 0 Å². The van der Waals surface area contributed by atoms with Crippen LogP contribution in [0.3, 0.4) is 0 Å². The third-order valence-corrected chi connectivity index (χ3v) is 4.78. The van der Waals surface area contributed by atoms with E-state index in [-0.39, 0.29) is 5.54 Å². The van der Waals surface area contributed by atoms with E-state index in [1.807, 2.05) is 0 Å². The molecule has 1 saturated carbocycles. The highest BCUT2D eigenvalue weighted by Gasteiger charge is 2.28. The summed E-state index contributed by atoms with van der Waals surface area (Å²) in [5, 5.41) is 0. The Morgan fingerprint density at radius 2 is 2.06 bits per heavy atom. The Morgan fingerprint density at radius 1 is 1.29 bits per heavy atom. The van der Waals surface area contributed by atoms with Crippen LogP contribution in [0.4, 0.5) is 0 Å². The lowest BCUT2D eigenvalue weighted by Gasteiger charge is -2.28. The van der Waals surface area contributed by atoms with Crippen LogP contribution in [0.15, 0.2) is 28.7 Å². The zero-order valence-electron chi connectivity index (χ0n) is 10.6. The number of hydrogen-bond donors (Lipinski definition) is 1. The summed E-state index contributed by atoms with van der Waals surface area (Å²) in [4.78, 5) is 0. The van der Waals surface area contributed by atoms with Gasteiger partial charge in [-0.05, 0) is 43.2 Å². The standard InChI is InChI=1S/C15H22BrN/c1-12-5-4-9-15(17,10-8-12)11-13-6-2-3-7-14(13)16/h2-3,6-7,12H,4-5,8-11,17H2,1H3. The molecular weight excluding hydrogens is 274 g/mol. The fourth-order valence-corrected chi connectivity index (χ4v) is 3.23. The molecule has 0 aromatic heterocycles. The van der Waals surface area contributed by atoms with Crippen molar-refractivity contribution in [2.75, 3.05) is 0 Å². The van der Waals surface area contributed by atoms with Crippen LogP contribution in [0.2, 0.25) is 0 Å². The molecule has 0 spiro atoms. The second kappa shape index (κ2) is 5.53. The average Bonchev–Trinajstić information content (AvgIpc) is 2.45. The van der Waals surface area contributed by atoms with Crippen LogP contribution in [0, 0.1) is 5.92 Å². The normalized spacial score (nSPS) is 29.9. The van der Waals surface area contributed by atoms with Crippen molar-refractivity contribution in [3.8, 4) is 0 Å². The fourth-order valence-electron chi connectivity index (χ4n) is 2.80. The molecular formula is C15H22BrN. The number of nitrogens with two attached hydrogens (primary N) is 1. The topological polar surface area (TPSA) is 26.0 Å². The Balaban J connectivity index is 2.09. The van der Waals surface area contributed by atoms with E-state index in [1.165, 1.54) is 35.7 Å². The Morgan fingerprint density at radius 3 is 2.82 bits per heavy atom. The SMILES string of the molecule is CC1CCCC(N)(Cc2ccccc2Br)CC1. The molecule has 17 heavy (non-hydrogen) atoms. The molecule has 2 heteroatoms. The Hall–Kier alpha value is -0.340. The highest BCUT2D eigenvalue weighted by molar-refractivity contribution is 9.10. The second-order valence-corrected chi connectivity index (χ2v) is 6.52. The van der Waals surface area contributed by atoms with Gasteiger partial charge in [-0.15, -0.1) is 0 Å². The first-order valence-corrected chi connectivity index (χ1v) is 7.41. The molecule has 94 valence electrons. The minimum Gasteiger partial charge on any atom is -0.325 e. The van der Waals surface area contributed by atoms with Crippen LogP contribution < -0.4 is 5.73 Å². The molecule has 2 N–H and O–H groups in total. The number of rotatable bonds is 2. The van der Waals surface area contributed by atoms with Crippen LogP contribution in [0.5, 0.6) is 0 Å². The van der Waals surface area contributed by atoms with Crippen molar-refractivity contribution in [1.29, 1.82) is 0 Å². The van der Waals surface area contributed by atoms with Crippen molar-refractivity contribution in [1.82, 2.24) is 0 Å². The predicted octanol–water partition coefficient (Wildman–Crippen LogP) is 4.29. The molecule has 1 nitrogen and oxygen atoms in total. The summed E-state index contributed by atoms with van der Waals surface area (Å²) in [6.45, 7) is 2.35. The van der Waals surface area contributed by atoms with Gasteiger partial charge in [0.25, 0.3) is 0 Å². The van der Waals surface area contributed by atoms with E-state index >= 15 is 0 Å². The third kappa shape index (κ3) is 3.56. The van der Waals surface area contributed by atoms with E-state index in [0.717, 1.165) is 18.8 Å². The van der Waals surface area contributed by atoms with E-state index in [1.54, 1.807) is 0 Å². The van der Waals surface area contributed by atoms with Crippen LogP contribution in [0.1, 0.15) is 44.6 Å². The van der Waals surface area contributed by atoms with Gasteiger partial charge in [0, 0.05) is 10.0 Å². The first-order valence-electron chi connectivity index (χ1n) is 6.61. The highest BCUT2D eigenvalue weighted by Crippen LogP contribution is 2.32. The second-order valence-electron chi connectivity index (χ2n) is 5.67. The summed E-state index contributed by atoms with van der Waals surface area (Å²) >= 11 is 3.62. The maximum Gasteiger partial charge on any atom is 0.0207 e. The molecule has 2 atom stereocenters. The lowest BCUT2D eigenvalue weighted by atomic mass is 9.84. The van der Waals surface area contributed by atoms with Crippen LogP contribution in [-0.2, 0) is 6.42 Å². The minimum atomic E-state index is 0.00856. The summed E-state index contributed by atoms with van der Waals surface area (Å²) in [5.41, 5.74) is 7.96. The number of halogens is 1. The van der Waals surface area contributed by atoms with Crippen LogP contribution in [-0.4, -0.2) is 5.54 Å². The van der Waals surface area contributed by atoms with Gasteiger partial charge in [-0.1, -0.05) is 53.9 Å². The quantitative estimate of drug-likeness (QED) is 0.809. The van der Waals surface area contributed by atoms with Gasteiger partial charge in [-0.2, -0.15) is 0 Å². The summed E-state index contributed by atoms with van der Waals surface area (Å²) in [5.74, 6) is 0.847. The Labute approximate surface area is 113 Å². The first kappa shape index (κ1) is 13.1. The minimum absolute atomic E-state index is 0.00856. The van der Waals surface area contributed by atoms with E-state index in [4.69, 9.17) is 5.73 Å². The summed E-state index contributed by atoms with van der Waals surface area (Å²) < 4.78 is 1.20. The summed E-state index contributed by atoms with van der Waals surface area (Å²) in [6.07, 6.45) is 7.23. The van der Waals surface area contributed by atoms with Gasteiger partial charge in [0.1, 0.15) is 0 Å². The van der Waals surface area contributed by atoms with Crippen molar-refractivity contribution in [3.05, 3.63) is 34.3 Å². The van der Waals surface area contributed by atoms with Crippen molar-refractivity contribution in [3.63, 3.8) is 0 Å². The largest absolute Gasteiger partial charge is 0.325 e. The molecule has 0 saturated heterocycles. The van der Waals surface area contributed by atoms with Crippen molar-refractivity contribution >= 4 is 15.9 Å². The van der Waals surface area contributed by atoms with Crippen molar-refractivity contribution < 1.29 is 0 Å². The maximum absolute atomic E-state index is 6.60. The molecule has 1 aromatic carbocycles. The van der Waals surface area contributed by atoms with Gasteiger partial charge in [0.05, 0.1) is 0 Å². The third-order valence-electron chi connectivity index (χ3n) is 4.01. The molecule has 1 aromatic rings. The lowest BCUT2D eigenvalue weighted by molar-refractivity contribution is 0.363. The van der Waals surface area contributed by atoms with E-state index < -0.39 is 0 Å². The van der Waals surface area contributed by atoms with E-state index in [2.05, 4.69) is 47.1 Å². The Kier molecular flexibility index (Phi) is 4.26. The zero-order valence-corrected chi connectivity index (χ0v) is 12.2. The van der Waals surface area contributed by atoms with E-state index in [9.17, 15) is 0 Å². The number of hydrogen-bond acceptors (Lipinski definition) is 1. The molecule has 2 unspecified atom stereocenters. The first-order chi connectivity index (χ1) is 8.09. The monoisotopic (exact) mass is 295 g/mol. The molecule has 0 radical (unpaired) electrons. The number of benzene rings is 1. The molecule has 0 heterocycles. The summed E-state index contributed by atoms with van der Waals surface area (Å²) in [7, 11) is 0. The molecule has 1 fully saturated rings. The molecule has 0 aliphatic heterocycles. The molecule has 2 rings (SSSR count). The van der Waals surface area contributed by atoms with Crippen molar-refractivity contribution in [2.45, 2.75) is 51.0 Å². The van der Waals surface area contributed by atoms with Gasteiger partial charge in [-0.3, -0.25) is 0 Å². The highest BCUT2D eigenvalue weighted by atomic mass is 79.9. The smallest absolute Gasteiger partial charge is 0.0207 e.